The molecule has 2 amide bonds. The number of halogens is 2. The molecule has 1 saturated heterocycles. The smallest absolute Gasteiger partial charge is 0.240 e. The quantitative estimate of drug-likeness (QED) is 0.491. The monoisotopic (exact) mass is 436 g/mol. The summed E-state index contributed by atoms with van der Waals surface area (Å²) in [7, 11) is 0. The molecule has 0 unspecified atom stereocenters. The zero-order valence-electron chi connectivity index (χ0n) is 14.2. The first-order chi connectivity index (χ1) is 13.4. The van der Waals surface area contributed by atoms with Crippen LogP contribution in [-0.2, 0) is 9.59 Å². The average molecular weight is 437 g/mol. The van der Waals surface area contributed by atoms with E-state index in [9.17, 15) is 14.7 Å². The third kappa shape index (κ3) is 5.48. The van der Waals surface area contributed by atoms with E-state index in [0.29, 0.717) is 26.5 Å². The summed E-state index contributed by atoms with van der Waals surface area (Å²) in [6.45, 7) is 0. The fraction of sp³-hybridized carbons (Fsp3) is 0.111. The van der Waals surface area contributed by atoms with E-state index in [1.165, 1.54) is 18.3 Å². The minimum Gasteiger partial charge on any atom is -0.508 e. The first-order valence-corrected chi connectivity index (χ1v) is 9.67. The van der Waals surface area contributed by atoms with Gasteiger partial charge in [-0.3, -0.25) is 9.59 Å². The van der Waals surface area contributed by atoms with Crippen LogP contribution in [0.2, 0.25) is 10.0 Å². The van der Waals surface area contributed by atoms with Crippen LogP contribution in [0, 0.1) is 0 Å². The third-order valence-electron chi connectivity index (χ3n) is 3.58. The second-order valence-corrected chi connectivity index (χ2v) is 7.75. The number of hydrogen-bond donors (Lipinski definition) is 3. The lowest BCUT2D eigenvalue weighted by molar-refractivity contribution is -0.122. The summed E-state index contributed by atoms with van der Waals surface area (Å²) in [5.74, 6) is -0.568. The maximum atomic E-state index is 12.2. The number of benzene rings is 2. The molecule has 0 aromatic heterocycles. The second kappa shape index (κ2) is 9.09. The number of hydrogen-bond acceptors (Lipinski definition) is 6. The van der Waals surface area contributed by atoms with Gasteiger partial charge in [-0.15, -0.1) is 5.10 Å². The number of phenols is 1. The standard InChI is InChI=1S/C18H14Cl2N4O3S/c19-11-4-5-14(13(20)7-11)22-16(26)8-15-17(27)23-18(28-15)24-21-9-10-2-1-3-12(25)6-10/h1-7,9,15,25H,8H2,(H,22,26)(H,23,24,27)/b21-9-/t15-/m0/s1. The van der Waals surface area contributed by atoms with Crippen LogP contribution in [0.25, 0.3) is 0 Å². The molecule has 0 spiro atoms. The number of amides is 2. The van der Waals surface area contributed by atoms with Gasteiger partial charge in [-0.25, -0.2) is 0 Å². The molecule has 1 heterocycles. The van der Waals surface area contributed by atoms with Crippen molar-refractivity contribution in [3.63, 3.8) is 0 Å². The van der Waals surface area contributed by atoms with Crippen LogP contribution in [0.4, 0.5) is 5.69 Å². The van der Waals surface area contributed by atoms with Gasteiger partial charge in [0, 0.05) is 11.4 Å². The Morgan fingerprint density at radius 3 is 2.86 bits per heavy atom. The van der Waals surface area contributed by atoms with Crippen molar-refractivity contribution in [2.75, 3.05) is 5.32 Å². The van der Waals surface area contributed by atoms with E-state index in [0.717, 1.165) is 11.8 Å². The van der Waals surface area contributed by atoms with Crippen molar-refractivity contribution >= 4 is 63.8 Å². The summed E-state index contributed by atoms with van der Waals surface area (Å²) in [5.41, 5.74) is 1.08. The molecule has 0 saturated carbocycles. The summed E-state index contributed by atoms with van der Waals surface area (Å²) in [6.07, 6.45) is 1.40. The van der Waals surface area contributed by atoms with Gasteiger partial charge in [0.1, 0.15) is 11.0 Å². The number of anilines is 1. The van der Waals surface area contributed by atoms with Gasteiger partial charge in [0.05, 0.1) is 16.9 Å². The summed E-state index contributed by atoms with van der Waals surface area (Å²) >= 11 is 13.0. The number of nitrogens with zero attached hydrogens (tertiary/aromatic N) is 2. The van der Waals surface area contributed by atoms with Gasteiger partial charge in [-0.1, -0.05) is 47.1 Å². The number of thioether (sulfide) groups is 1. The lowest BCUT2D eigenvalue weighted by Gasteiger charge is -2.09. The number of carbonyl (C=O) groups excluding carboxylic acids is 2. The first-order valence-electron chi connectivity index (χ1n) is 8.03. The molecular weight excluding hydrogens is 423 g/mol. The Morgan fingerprint density at radius 2 is 2.11 bits per heavy atom. The fourth-order valence-electron chi connectivity index (χ4n) is 2.30. The Kier molecular flexibility index (Phi) is 6.56. The molecule has 0 aliphatic carbocycles. The van der Waals surface area contributed by atoms with Crippen LogP contribution in [0.15, 0.2) is 52.7 Å². The van der Waals surface area contributed by atoms with Crippen LogP contribution in [0.3, 0.4) is 0 Å². The number of phenolic OH excluding ortho intramolecular Hbond substituents is 1. The summed E-state index contributed by atoms with van der Waals surface area (Å²) in [4.78, 5) is 24.2. The van der Waals surface area contributed by atoms with Crippen molar-refractivity contribution in [2.24, 2.45) is 10.2 Å². The molecule has 1 atom stereocenters. The minimum atomic E-state index is -0.624. The Balaban J connectivity index is 1.57. The van der Waals surface area contributed by atoms with Crippen molar-refractivity contribution in [1.29, 1.82) is 0 Å². The highest BCUT2D eigenvalue weighted by Crippen LogP contribution is 2.27. The van der Waals surface area contributed by atoms with Gasteiger partial charge in [-0.2, -0.15) is 5.10 Å². The van der Waals surface area contributed by atoms with E-state index in [1.807, 2.05) is 0 Å². The molecule has 2 aromatic rings. The van der Waals surface area contributed by atoms with Crippen molar-refractivity contribution in [1.82, 2.24) is 5.32 Å². The van der Waals surface area contributed by atoms with Crippen molar-refractivity contribution < 1.29 is 14.7 Å². The van der Waals surface area contributed by atoms with Crippen molar-refractivity contribution in [3.05, 3.63) is 58.1 Å². The molecule has 0 radical (unpaired) electrons. The summed E-state index contributed by atoms with van der Waals surface area (Å²) in [5, 5.41) is 22.9. The molecule has 1 aliphatic heterocycles. The zero-order valence-corrected chi connectivity index (χ0v) is 16.6. The number of nitrogens with one attached hydrogen (secondary N) is 2. The minimum absolute atomic E-state index is 0.0508. The average Bonchev–Trinajstić information content (AvgIpc) is 2.97. The Hall–Kier alpha value is -2.55. The molecule has 3 N–H and O–H groups in total. The molecule has 10 heteroatoms. The van der Waals surface area contributed by atoms with Crippen molar-refractivity contribution in [2.45, 2.75) is 11.7 Å². The molecule has 7 nitrogen and oxygen atoms in total. The van der Waals surface area contributed by atoms with Gasteiger partial charge in [0.25, 0.3) is 0 Å². The number of carbonyl (C=O) groups is 2. The van der Waals surface area contributed by atoms with Crippen LogP contribution in [0.1, 0.15) is 12.0 Å². The van der Waals surface area contributed by atoms with E-state index < -0.39 is 5.25 Å². The van der Waals surface area contributed by atoms with Gasteiger partial charge >= 0.3 is 0 Å². The number of rotatable bonds is 5. The van der Waals surface area contributed by atoms with E-state index in [2.05, 4.69) is 20.8 Å². The Bertz CT molecular complexity index is 981. The molecule has 3 rings (SSSR count). The predicted molar refractivity (Wildman–Crippen MR) is 112 cm³/mol. The van der Waals surface area contributed by atoms with Gasteiger partial charge < -0.3 is 15.7 Å². The number of amidine groups is 1. The topological polar surface area (TPSA) is 103 Å². The van der Waals surface area contributed by atoms with E-state index >= 15 is 0 Å². The molecule has 144 valence electrons. The largest absolute Gasteiger partial charge is 0.508 e. The van der Waals surface area contributed by atoms with Gasteiger partial charge in [0.15, 0.2) is 5.17 Å². The lowest BCUT2D eigenvalue weighted by Crippen LogP contribution is -2.28. The van der Waals surface area contributed by atoms with Crippen LogP contribution >= 0.6 is 35.0 Å². The van der Waals surface area contributed by atoms with Crippen LogP contribution < -0.4 is 10.6 Å². The number of aromatic hydroxyl groups is 1. The van der Waals surface area contributed by atoms with E-state index in [1.54, 1.807) is 30.3 Å². The molecular formula is C18H14Cl2N4O3S. The first kappa shape index (κ1) is 20.2. The Morgan fingerprint density at radius 1 is 1.29 bits per heavy atom. The van der Waals surface area contributed by atoms with E-state index in [4.69, 9.17) is 23.2 Å². The second-order valence-electron chi connectivity index (χ2n) is 5.72. The van der Waals surface area contributed by atoms with Gasteiger partial charge in [-0.05, 0) is 35.9 Å². The molecule has 28 heavy (non-hydrogen) atoms. The maximum absolute atomic E-state index is 12.2. The highest BCUT2D eigenvalue weighted by molar-refractivity contribution is 8.15. The molecule has 1 aliphatic rings. The third-order valence-corrected chi connectivity index (χ3v) is 5.20. The summed E-state index contributed by atoms with van der Waals surface area (Å²) in [6, 6.07) is 11.2. The van der Waals surface area contributed by atoms with Crippen LogP contribution in [0.5, 0.6) is 5.75 Å². The molecule has 2 aromatic carbocycles. The SMILES string of the molecule is O=C(C[C@@H]1S/C(=N/N=C\c2cccc(O)c2)NC1=O)Nc1ccc(Cl)cc1Cl. The molecule has 0 bridgehead atoms. The lowest BCUT2D eigenvalue weighted by atomic mass is 10.2. The maximum Gasteiger partial charge on any atom is 0.240 e. The van der Waals surface area contributed by atoms with E-state index in [-0.39, 0.29) is 24.0 Å². The van der Waals surface area contributed by atoms with Crippen LogP contribution in [-0.4, -0.2) is 33.6 Å². The molecule has 1 fully saturated rings. The normalized spacial score (nSPS) is 17.9. The highest BCUT2D eigenvalue weighted by atomic mass is 35.5. The summed E-state index contributed by atoms with van der Waals surface area (Å²) < 4.78 is 0. The van der Waals surface area contributed by atoms with Gasteiger partial charge in [0.2, 0.25) is 11.8 Å². The zero-order chi connectivity index (χ0) is 20.1. The fourth-order valence-corrected chi connectivity index (χ4v) is 3.68. The highest BCUT2D eigenvalue weighted by Gasteiger charge is 2.32. The Labute approximate surface area is 174 Å². The predicted octanol–water partition coefficient (Wildman–Crippen LogP) is 3.65. The van der Waals surface area contributed by atoms with Crippen molar-refractivity contribution in [3.8, 4) is 5.75 Å².